The molecular weight excluding hydrogens is 256 g/mol. The fourth-order valence-electron chi connectivity index (χ4n) is 1.32. The molecule has 0 spiro atoms. The lowest BCUT2D eigenvalue weighted by Gasteiger charge is -1.97. The van der Waals surface area contributed by atoms with Crippen LogP contribution in [0.5, 0.6) is 5.75 Å². The summed E-state index contributed by atoms with van der Waals surface area (Å²) in [5, 5.41) is 8.63. The number of aryl methyl sites for hydroxylation is 1. The van der Waals surface area contributed by atoms with E-state index < -0.39 is 0 Å². The molecule has 0 bridgehead atoms. The van der Waals surface area contributed by atoms with Gasteiger partial charge in [-0.15, -0.1) is 0 Å². The predicted molar refractivity (Wildman–Crippen MR) is 74.8 cm³/mol. The molecule has 1 N–H and O–H groups in total. The van der Waals surface area contributed by atoms with Gasteiger partial charge in [-0.05, 0) is 36.8 Å². The zero-order valence-electron chi connectivity index (χ0n) is 10.8. The molecule has 2 rings (SSSR count). The molecule has 0 heterocycles. The number of aromatic hydroxyl groups is 1. The highest BCUT2D eigenvalue weighted by Crippen LogP contribution is 2.23. The first-order valence-electron chi connectivity index (χ1n) is 5.67. The van der Waals surface area contributed by atoms with Crippen LogP contribution < -0.4 is 0 Å². The summed E-state index contributed by atoms with van der Waals surface area (Å²) < 4.78 is 0. The van der Waals surface area contributed by atoms with Gasteiger partial charge in [-0.2, -0.15) is 9.98 Å². The van der Waals surface area contributed by atoms with Crippen molar-refractivity contribution in [3.63, 3.8) is 0 Å². The Morgan fingerprint density at radius 3 is 2.10 bits per heavy atom. The van der Waals surface area contributed by atoms with Crippen molar-refractivity contribution < 1.29 is 14.7 Å². The minimum Gasteiger partial charge on any atom is -0.508 e. The minimum atomic E-state index is 0.322. The van der Waals surface area contributed by atoms with Gasteiger partial charge in [0.2, 0.25) is 12.2 Å². The molecule has 0 aromatic heterocycles. The van der Waals surface area contributed by atoms with Gasteiger partial charge >= 0.3 is 0 Å². The van der Waals surface area contributed by atoms with E-state index in [0.717, 1.165) is 5.56 Å². The van der Waals surface area contributed by atoms with Crippen molar-refractivity contribution in [3.05, 3.63) is 54.1 Å². The highest BCUT2D eigenvalue weighted by molar-refractivity contribution is 5.61. The summed E-state index contributed by atoms with van der Waals surface area (Å²) >= 11 is 0. The lowest BCUT2D eigenvalue weighted by molar-refractivity contribution is 0.475. The third kappa shape index (κ3) is 5.10. The van der Waals surface area contributed by atoms with E-state index in [1.807, 2.05) is 6.07 Å². The van der Waals surface area contributed by atoms with Crippen molar-refractivity contribution in [2.45, 2.75) is 6.92 Å². The van der Waals surface area contributed by atoms with Gasteiger partial charge in [-0.1, -0.05) is 24.3 Å². The number of hydrogen-bond acceptors (Lipinski definition) is 5. The van der Waals surface area contributed by atoms with Crippen LogP contribution in [0.15, 0.2) is 58.5 Å². The molecule has 5 heteroatoms. The van der Waals surface area contributed by atoms with E-state index in [1.54, 1.807) is 43.3 Å². The van der Waals surface area contributed by atoms with Crippen LogP contribution in [0.1, 0.15) is 5.56 Å². The predicted octanol–water partition coefficient (Wildman–Crippen LogP) is 3.32. The second-order valence-corrected chi connectivity index (χ2v) is 3.71. The van der Waals surface area contributed by atoms with Crippen LogP contribution in [0.2, 0.25) is 0 Å². The summed E-state index contributed by atoms with van der Waals surface area (Å²) in [6.07, 6.45) is 2.84. The van der Waals surface area contributed by atoms with Crippen LogP contribution in [0, 0.1) is 6.92 Å². The maximum atomic E-state index is 10.00. The zero-order chi connectivity index (χ0) is 14.8. The molecular formula is C15H12N2O3. The molecule has 0 saturated carbocycles. The van der Waals surface area contributed by atoms with Crippen LogP contribution in [0.25, 0.3) is 0 Å². The molecule has 0 aliphatic rings. The Labute approximate surface area is 115 Å². The molecule has 0 aliphatic heterocycles. The Balaban J connectivity index is 0.000000240. The zero-order valence-corrected chi connectivity index (χ0v) is 10.8. The third-order valence-corrected chi connectivity index (χ3v) is 2.29. The van der Waals surface area contributed by atoms with Gasteiger partial charge in [-0.25, -0.2) is 9.59 Å². The summed E-state index contributed by atoms with van der Waals surface area (Å²) in [7, 11) is 0. The molecule has 2 aromatic rings. The first kappa shape index (κ1) is 15.1. The van der Waals surface area contributed by atoms with Gasteiger partial charge < -0.3 is 5.11 Å². The van der Waals surface area contributed by atoms with Gasteiger partial charge in [0.15, 0.2) is 0 Å². The van der Waals surface area contributed by atoms with Crippen LogP contribution >= 0.6 is 0 Å². The van der Waals surface area contributed by atoms with E-state index in [1.165, 1.54) is 18.2 Å². The minimum absolute atomic E-state index is 0.322. The molecule has 2 aromatic carbocycles. The van der Waals surface area contributed by atoms with Crippen molar-refractivity contribution in [1.82, 2.24) is 0 Å². The lowest BCUT2D eigenvalue weighted by atomic mass is 10.2. The number of aliphatic imine (C=N–C) groups is 2. The molecule has 0 radical (unpaired) electrons. The Hall–Kier alpha value is -3.00. The van der Waals surface area contributed by atoms with Crippen LogP contribution in [0.3, 0.4) is 0 Å². The molecule has 20 heavy (non-hydrogen) atoms. The van der Waals surface area contributed by atoms with E-state index in [2.05, 4.69) is 9.98 Å². The van der Waals surface area contributed by atoms with E-state index >= 15 is 0 Å². The van der Waals surface area contributed by atoms with Crippen molar-refractivity contribution >= 4 is 23.5 Å². The molecule has 0 unspecified atom stereocenters. The average molecular weight is 268 g/mol. The number of phenols is 1. The second-order valence-electron chi connectivity index (χ2n) is 3.71. The Kier molecular flexibility index (Phi) is 6.15. The highest BCUT2D eigenvalue weighted by Gasteiger charge is 1.97. The average Bonchev–Trinajstić information content (AvgIpc) is 2.45. The van der Waals surface area contributed by atoms with Gasteiger partial charge in [-0.3, -0.25) is 0 Å². The van der Waals surface area contributed by atoms with E-state index in [4.69, 9.17) is 5.11 Å². The SMILES string of the molecule is Cc1ccc(N=C=O)cc1N=C=O.Oc1ccccc1. The fraction of sp³-hybridized carbons (Fsp3) is 0.0667. The van der Waals surface area contributed by atoms with Crippen molar-refractivity contribution in [2.24, 2.45) is 9.98 Å². The normalized spacial score (nSPS) is 8.45. The Morgan fingerprint density at radius 1 is 0.950 bits per heavy atom. The topological polar surface area (TPSA) is 79.1 Å². The first-order chi connectivity index (χ1) is 9.67. The largest absolute Gasteiger partial charge is 0.508 e. The Morgan fingerprint density at radius 2 is 1.60 bits per heavy atom. The molecule has 0 saturated heterocycles. The van der Waals surface area contributed by atoms with Crippen LogP contribution in [0.4, 0.5) is 11.4 Å². The fourth-order valence-corrected chi connectivity index (χ4v) is 1.32. The lowest BCUT2D eigenvalue weighted by Crippen LogP contribution is -1.73. The molecule has 0 atom stereocenters. The molecule has 0 amide bonds. The number of phenolic OH excluding ortho intramolecular Hbond substituents is 1. The summed E-state index contributed by atoms with van der Waals surface area (Å²) in [6.45, 7) is 1.80. The highest BCUT2D eigenvalue weighted by atomic mass is 16.3. The number of benzene rings is 2. The van der Waals surface area contributed by atoms with E-state index in [0.29, 0.717) is 17.1 Å². The quantitative estimate of drug-likeness (QED) is 0.670. The summed E-state index contributed by atoms with van der Waals surface area (Å²) in [4.78, 5) is 26.8. The van der Waals surface area contributed by atoms with Crippen molar-refractivity contribution in [3.8, 4) is 5.75 Å². The molecule has 100 valence electrons. The number of hydrogen-bond donors (Lipinski definition) is 1. The first-order valence-corrected chi connectivity index (χ1v) is 5.67. The summed E-state index contributed by atoms with van der Waals surface area (Å²) in [6, 6.07) is 13.6. The van der Waals surface area contributed by atoms with E-state index in [-0.39, 0.29) is 0 Å². The van der Waals surface area contributed by atoms with Crippen molar-refractivity contribution in [1.29, 1.82) is 0 Å². The summed E-state index contributed by atoms with van der Waals surface area (Å²) in [5.74, 6) is 0.322. The number of carbonyl (C=O) groups excluding carboxylic acids is 2. The number of para-hydroxylation sites is 1. The molecule has 0 aliphatic carbocycles. The monoisotopic (exact) mass is 268 g/mol. The maximum absolute atomic E-state index is 10.00. The van der Waals surface area contributed by atoms with Gasteiger partial charge in [0.05, 0.1) is 11.4 Å². The van der Waals surface area contributed by atoms with E-state index in [9.17, 15) is 9.59 Å². The van der Waals surface area contributed by atoms with Gasteiger partial charge in [0.1, 0.15) is 5.75 Å². The van der Waals surface area contributed by atoms with Gasteiger partial charge in [0.25, 0.3) is 0 Å². The number of isocyanates is 2. The smallest absolute Gasteiger partial charge is 0.240 e. The molecule has 5 nitrogen and oxygen atoms in total. The standard InChI is InChI=1S/C9H6N2O2.C6H6O/c1-7-2-3-8(10-5-12)4-9(7)11-6-13;7-6-4-2-1-3-5-6/h2-4H,1H3;1-5,7H. The summed E-state index contributed by atoms with van der Waals surface area (Å²) in [5.41, 5.74) is 1.72. The Bertz CT molecular complexity index is 656. The third-order valence-electron chi connectivity index (χ3n) is 2.29. The second kappa shape index (κ2) is 8.16. The number of rotatable bonds is 2. The van der Waals surface area contributed by atoms with Gasteiger partial charge in [0, 0.05) is 0 Å². The maximum Gasteiger partial charge on any atom is 0.240 e. The molecule has 0 fully saturated rings. The van der Waals surface area contributed by atoms with Crippen LogP contribution in [-0.4, -0.2) is 17.3 Å². The number of nitrogens with zero attached hydrogens (tertiary/aromatic N) is 2. The van der Waals surface area contributed by atoms with Crippen molar-refractivity contribution in [2.75, 3.05) is 0 Å². The van der Waals surface area contributed by atoms with Crippen LogP contribution in [-0.2, 0) is 9.59 Å².